The van der Waals surface area contributed by atoms with E-state index in [0.717, 1.165) is 11.3 Å². The highest BCUT2D eigenvalue weighted by atomic mass is 32.1. The molecule has 0 heterocycles. The summed E-state index contributed by atoms with van der Waals surface area (Å²) in [5.41, 5.74) is 2.26. The van der Waals surface area contributed by atoms with Gasteiger partial charge in [-0.05, 0) is 49.8 Å². The van der Waals surface area contributed by atoms with Gasteiger partial charge in [0.05, 0.1) is 6.10 Å². The van der Waals surface area contributed by atoms with Crippen molar-refractivity contribution in [2.45, 2.75) is 38.7 Å². The van der Waals surface area contributed by atoms with E-state index >= 15 is 0 Å². The summed E-state index contributed by atoms with van der Waals surface area (Å²) >= 11 is 4.92. The Balaban J connectivity index is 2.14. The van der Waals surface area contributed by atoms with Gasteiger partial charge < -0.3 is 4.74 Å². The van der Waals surface area contributed by atoms with E-state index in [1.165, 1.54) is 31.2 Å². The molecule has 0 bridgehead atoms. The maximum atomic E-state index is 5.98. The van der Waals surface area contributed by atoms with Crippen molar-refractivity contribution in [1.82, 2.24) is 0 Å². The van der Waals surface area contributed by atoms with Crippen molar-refractivity contribution >= 4 is 17.6 Å². The van der Waals surface area contributed by atoms with Gasteiger partial charge in [0.1, 0.15) is 5.75 Å². The van der Waals surface area contributed by atoms with Crippen molar-refractivity contribution in [1.29, 1.82) is 0 Å². The van der Waals surface area contributed by atoms with E-state index in [9.17, 15) is 0 Å². The van der Waals surface area contributed by atoms with Gasteiger partial charge in [-0.3, -0.25) is 0 Å². The second-order valence-corrected chi connectivity index (χ2v) is 4.40. The normalized spacial score (nSPS) is 16.6. The summed E-state index contributed by atoms with van der Waals surface area (Å²) in [5, 5.41) is 1.70. The highest BCUT2D eigenvalue weighted by molar-refractivity contribution is 7.79. The molecule has 80 valence electrons. The zero-order valence-corrected chi connectivity index (χ0v) is 9.85. The van der Waals surface area contributed by atoms with E-state index in [0.29, 0.717) is 6.10 Å². The minimum Gasteiger partial charge on any atom is -0.490 e. The molecule has 0 aromatic heterocycles. The lowest BCUT2D eigenvalue weighted by Gasteiger charge is -2.15. The predicted octanol–water partition coefficient (Wildman–Crippen LogP) is 3.66. The molecule has 2 rings (SSSR count). The Labute approximate surface area is 96.5 Å². The Hall–Kier alpha value is -0.890. The van der Waals surface area contributed by atoms with Crippen LogP contribution in [0.4, 0.5) is 0 Å². The molecule has 1 aromatic carbocycles. The Bertz CT molecular complexity index is 354. The summed E-state index contributed by atoms with van der Waals surface area (Å²) in [7, 11) is 0. The van der Waals surface area contributed by atoms with Crippen LogP contribution in [0.5, 0.6) is 5.75 Å². The number of ether oxygens (including phenoxy) is 1. The lowest BCUT2D eigenvalue weighted by atomic mass is 10.1. The molecular formula is C13H16OS. The molecule has 15 heavy (non-hydrogen) atoms. The van der Waals surface area contributed by atoms with E-state index < -0.39 is 0 Å². The van der Waals surface area contributed by atoms with Crippen LogP contribution in [-0.2, 0) is 0 Å². The molecule has 0 atom stereocenters. The van der Waals surface area contributed by atoms with E-state index in [1.54, 1.807) is 5.37 Å². The minimum absolute atomic E-state index is 0.420. The van der Waals surface area contributed by atoms with Crippen LogP contribution >= 0.6 is 12.2 Å². The van der Waals surface area contributed by atoms with Gasteiger partial charge in [0.25, 0.3) is 0 Å². The van der Waals surface area contributed by atoms with Crippen LogP contribution < -0.4 is 4.74 Å². The molecule has 1 fully saturated rings. The fourth-order valence-electron chi connectivity index (χ4n) is 2.00. The lowest BCUT2D eigenvalue weighted by Crippen LogP contribution is -2.11. The average molecular weight is 220 g/mol. The van der Waals surface area contributed by atoms with Crippen molar-refractivity contribution in [2.24, 2.45) is 0 Å². The van der Waals surface area contributed by atoms with Crippen molar-refractivity contribution < 1.29 is 4.74 Å². The Morgan fingerprint density at radius 2 is 2.07 bits per heavy atom. The van der Waals surface area contributed by atoms with Gasteiger partial charge in [0.2, 0.25) is 0 Å². The van der Waals surface area contributed by atoms with Crippen molar-refractivity contribution in [3.05, 3.63) is 29.3 Å². The SMILES string of the molecule is Cc1ccc(C=S)cc1OC1CCCC1. The van der Waals surface area contributed by atoms with Crippen LogP contribution in [-0.4, -0.2) is 11.5 Å². The van der Waals surface area contributed by atoms with Crippen LogP contribution in [0, 0.1) is 6.92 Å². The van der Waals surface area contributed by atoms with E-state index in [-0.39, 0.29) is 0 Å². The predicted molar refractivity (Wildman–Crippen MR) is 66.8 cm³/mol. The third-order valence-electron chi connectivity index (χ3n) is 2.94. The van der Waals surface area contributed by atoms with Gasteiger partial charge in [-0.25, -0.2) is 0 Å². The molecule has 1 saturated carbocycles. The topological polar surface area (TPSA) is 9.23 Å². The molecule has 1 nitrogen and oxygen atoms in total. The van der Waals surface area contributed by atoms with Crippen LogP contribution in [0.25, 0.3) is 0 Å². The Morgan fingerprint density at radius 3 is 2.73 bits per heavy atom. The fraction of sp³-hybridized carbons (Fsp3) is 0.462. The van der Waals surface area contributed by atoms with Crippen LogP contribution in [0.1, 0.15) is 36.8 Å². The average Bonchev–Trinajstić information content (AvgIpc) is 2.74. The van der Waals surface area contributed by atoms with Crippen LogP contribution in [0.2, 0.25) is 0 Å². The second kappa shape index (κ2) is 4.75. The van der Waals surface area contributed by atoms with Crippen molar-refractivity contribution in [3.63, 3.8) is 0 Å². The van der Waals surface area contributed by atoms with Gasteiger partial charge in [0, 0.05) is 5.37 Å². The molecule has 2 heteroatoms. The molecule has 0 N–H and O–H groups in total. The number of hydrogen-bond acceptors (Lipinski definition) is 2. The summed E-state index contributed by atoms with van der Waals surface area (Å²) in [5.74, 6) is 1.00. The third kappa shape index (κ3) is 2.57. The maximum Gasteiger partial charge on any atom is 0.123 e. The molecule has 1 aliphatic rings. The first kappa shape index (κ1) is 10.6. The Kier molecular flexibility index (Phi) is 3.37. The minimum atomic E-state index is 0.420. The van der Waals surface area contributed by atoms with E-state index in [2.05, 4.69) is 13.0 Å². The van der Waals surface area contributed by atoms with Gasteiger partial charge in [0.15, 0.2) is 0 Å². The zero-order valence-electron chi connectivity index (χ0n) is 9.03. The summed E-state index contributed by atoms with van der Waals surface area (Å²) < 4.78 is 5.98. The number of hydrogen-bond donors (Lipinski definition) is 0. The molecule has 0 spiro atoms. The third-order valence-corrected chi connectivity index (χ3v) is 3.22. The standard InChI is InChI=1S/C13H16OS/c1-10-6-7-11(9-15)8-13(10)14-12-4-2-3-5-12/h6-9,12H,2-5H2,1H3. The molecule has 1 aromatic rings. The first-order chi connectivity index (χ1) is 7.29. The summed E-state index contributed by atoms with van der Waals surface area (Å²) in [6, 6.07) is 6.15. The highest BCUT2D eigenvalue weighted by Crippen LogP contribution is 2.26. The molecule has 0 saturated heterocycles. The van der Waals surface area contributed by atoms with Gasteiger partial charge in [-0.15, -0.1) is 0 Å². The molecule has 1 aliphatic carbocycles. The van der Waals surface area contributed by atoms with Gasteiger partial charge in [-0.1, -0.05) is 24.4 Å². The van der Waals surface area contributed by atoms with Gasteiger partial charge >= 0.3 is 0 Å². The zero-order chi connectivity index (χ0) is 10.7. The summed E-state index contributed by atoms with van der Waals surface area (Å²) in [4.78, 5) is 0. The maximum absolute atomic E-state index is 5.98. The van der Waals surface area contributed by atoms with Crippen molar-refractivity contribution in [2.75, 3.05) is 0 Å². The number of aryl methyl sites for hydroxylation is 1. The van der Waals surface area contributed by atoms with E-state index in [4.69, 9.17) is 17.0 Å². The summed E-state index contributed by atoms with van der Waals surface area (Å²) in [6.07, 6.45) is 5.42. The molecule has 0 radical (unpaired) electrons. The molecular weight excluding hydrogens is 204 g/mol. The quantitative estimate of drug-likeness (QED) is 0.719. The largest absolute Gasteiger partial charge is 0.490 e. The number of thiocarbonyl (C=S) groups is 1. The molecule has 0 aliphatic heterocycles. The van der Waals surface area contributed by atoms with Crippen LogP contribution in [0.3, 0.4) is 0 Å². The van der Waals surface area contributed by atoms with Crippen molar-refractivity contribution in [3.8, 4) is 5.75 Å². The number of rotatable bonds is 3. The first-order valence-corrected chi connectivity index (χ1v) is 5.99. The highest BCUT2D eigenvalue weighted by Gasteiger charge is 2.17. The Morgan fingerprint density at radius 1 is 1.33 bits per heavy atom. The molecule has 0 unspecified atom stereocenters. The molecule has 0 amide bonds. The monoisotopic (exact) mass is 220 g/mol. The number of benzene rings is 1. The fourth-order valence-corrected chi connectivity index (χ4v) is 2.15. The smallest absolute Gasteiger partial charge is 0.123 e. The second-order valence-electron chi connectivity index (χ2n) is 4.17. The summed E-state index contributed by atoms with van der Waals surface area (Å²) in [6.45, 7) is 2.08. The van der Waals surface area contributed by atoms with Crippen LogP contribution in [0.15, 0.2) is 18.2 Å². The first-order valence-electron chi connectivity index (χ1n) is 5.52. The van der Waals surface area contributed by atoms with Gasteiger partial charge in [-0.2, -0.15) is 0 Å². The lowest BCUT2D eigenvalue weighted by molar-refractivity contribution is 0.208. The van der Waals surface area contributed by atoms with E-state index in [1.807, 2.05) is 12.1 Å².